The topological polar surface area (TPSA) is 0 Å². The van der Waals surface area contributed by atoms with Gasteiger partial charge in [0.15, 0.2) is 0 Å². The van der Waals surface area contributed by atoms with Gasteiger partial charge in [-0.25, -0.2) is 0 Å². The van der Waals surface area contributed by atoms with Crippen molar-refractivity contribution < 1.29 is 0 Å². The van der Waals surface area contributed by atoms with Crippen LogP contribution in [0.4, 0.5) is 0 Å². The van der Waals surface area contributed by atoms with Gasteiger partial charge in [0.05, 0.1) is 8.80 Å². The molecule has 2 aromatic rings. The summed E-state index contributed by atoms with van der Waals surface area (Å²) in [5.74, 6) is 0. The van der Waals surface area contributed by atoms with E-state index in [4.69, 9.17) is 0 Å². The third kappa shape index (κ3) is 4.84. The van der Waals surface area contributed by atoms with Crippen LogP contribution in [0.3, 0.4) is 0 Å². The summed E-state index contributed by atoms with van der Waals surface area (Å²) in [6.07, 6.45) is 0. The fourth-order valence-corrected chi connectivity index (χ4v) is 2.86. The second kappa shape index (κ2) is 7.22. The molecule has 0 saturated heterocycles. The van der Waals surface area contributed by atoms with Crippen molar-refractivity contribution in [2.24, 2.45) is 0 Å². The Bertz CT molecular complexity index is 455. The minimum absolute atomic E-state index is 0.337. The average molecular weight is 349 g/mol. The second-order valence-corrected chi connectivity index (χ2v) is 16.1. The molecule has 2 radical (unpaired) electrons. The van der Waals surface area contributed by atoms with Gasteiger partial charge < -0.3 is 0 Å². The fraction of sp³-hybridized carbons (Fsp3) is 0.333. The third-order valence-electron chi connectivity index (χ3n) is 2.33. The van der Waals surface area contributed by atoms with Gasteiger partial charge in [0.25, 0.3) is 0 Å². The van der Waals surface area contributed by atoms with Crippen LogP contribution < -0.4 is 5.19 Å². The summed E-state index contributed by atoms with van der Waals surface area (Å²) >= 11 is -0.543. The molecule has 0 bridgehead atoms. The molecular weight excluding hydrogens is 327 g/mol. The molecule has 2 rings (SSSR count). The van der Waals surface area contributed by atoms with Crippen molar-refractivity contribution in [3.8, 4) is 0 Å². The molecular formula is C15H22SiSn. The van der Waals surface area contributed by atoms with Gasteiger partial charge in [-0.3, -0.25) is 0 Å². The first-order valence-corrected chi connectivity index (χ1v) is 17.1. The molecule has 0 nitrogen and oxygen atoms in total. The molecule has 2 heteroatoms. The van der Waals surface area contributed by atoms with Gasteiger partial charge in [0.2, 0.25) is 0 Å². The number of benzene rings is 2. The Labute approximate surface area is 114 Å². The van der Waals surface area contributed by atoms with E-state index in [1.54, 1.807) is 5.19 Å². The van der Waals surface area contributed by atoms with Gasteiger partial charge in [-0.05, 0) is 10.8 Å². The number of fused-ring (bicyclic) bond motifs is 1. The second-order valence-electron chi connectivity index (χ2n) is 5.03. The summed E-state index contributed by atoms with van der Waals surface area (Å²) in [7, 11) is -0.337. The van der Waals surface area contributed by atoms with Crippen molar-refractivity contribution in [2.45, 2.75) is 27.9 Å². The molecule has 0 aliphatic rings. The fourth-order valence-electron chi connectivity index (χ4n) is 1.66. The third-order valence-corrected chi connectivity index (χ3v) is 3.84. The number of hydrogen-bond acceptors (Lipinski definition) is 0. The molecule has 0 aliphatic carbocycles. The van der Waals surface area contributed by atoms with Crippen molar-refractivity contribution in [3.05, 3.63) is 42.5 Å². The predicted molar refractivity (Wildman–Crippen MR) is 84.4 cm³/mol. The SMILES string of the molecule is C[Si](C)c1cccc2ccccc12.[CH3][Sn]([CH3])[CH3]. The van der Waals surface area contributed by atoms with E-state index in [-0.39, 0.29) is 8.80 Å². The average Bonchev–Trinajstić information content (AvgIpc) is 2.27. The van der Waals surface area contributed by atoms with Gasteiger partial charge >= 0.3 is 34.6 Å². The molecule has 0 amide bonds. The first kappa shape index (κ1) is 14.8. The summed E-state index contributed by atoms with van der Waals surface area (Å²) in [5, 5.41) is 4.35. The van der Waals surface area contributed by atoms with Crippen molar-refractivity contribution in [2.75, 3.05) is 0 Å². The van der Waals surface area contributed by atoms with Gasteiger partial charge in [-0.15, -0.1) is 0 Å². The van der Waals surface area contributed by atoms with Crippen LogP contribution in [0, 0.1) is 0 Å². The number of rotatable bonds is 1. The Kier molecular flexibility index (Phi) is 6.27. The van der Waals surface area contributed by atoms with Crippen LogP contribution >= 0.6 is 0 Å². The van der Waals surface area contributed by atoms with Gasteiger partial charge in [-0.2, -0.15) is 0 Å². The predicted octanol–water partition coefficient (Wildman–Crippen LogP) is 4.17. The van der Waals surface area contributed by atoms with Crippen molar-refractivity contribution in [1.29, 1.82) is 0 Å². The van der Waals surface area contributed by atoms with Crippen molar-refractivity contribution in [3.63, 3.8) is 0 Å². The van der Waals surface area contributed by atoms with E-state index in [1.165, 1.54) is 10.8 Å². The Hall–Kier alpha value is -0.284. The molecule has 0 spiro atoms. The summed E-state index contributed by atoms with van der Waals surface area (Å²) in [6, 6.07) is 15.2. The van der Waals surface area contributed by atoms with E-state index >= 15 is 0 Å². The standard InChI is InChI=1S/C12H13Si.3CH3.Sn/c1-13(2)12-9-5-7-10-6-3-4-8-11(10)12;;;;/h3-9H,1-2H3;3*1H3;. The van der Waals surface area contributed by atoms with Crippen LogP contribution in [0.1, 0.15) is 0 Å². The monoisotopic (exact) mass is 350 g/mol. The first-order valence-electron chi connectivity index (χ1n) is 6.07. The molecule has 0 aliphatic heterocycles. The van der Waals surface area contributed by atoms with Crippen LogP contribution in [-0.2, 0) is 0 Å². The maximum atomic E-state index is 2.36. The molecule has 0 N–H and O–H groups in total. The summed E-state index contributed by atoms with van der Waals surface area (Å²) in [5.41, 5.74) is 0. The molecule has 0 heterocycles. The molecule has 0 atom stereocenters. The van der Waals surface area contributed by atoms with E-state index < -0.39 is 19.8 Å². The zero-order valence-corrected chi connectivity index (χ0v) is 15.4. The minimum atomic E-state index is -0.543. The number of hydrogen-bond donors (Lipinski definition) is 0. The van der Waals surface area contributed by atoms with Gasteiger partial charge in [0, 0.05) is 0 Å². The normalized spacial score (nSPS) is 10.5. The Balaban J connectivity index is 0.000000317. The van der Waals surface area contributed by atoms with Crippen molar-refractivity contribution >= 4 is 44.5 Å². The summed E-state index contributed by atoms with van der Waals surface area (Å²) in [6.45, 7) is 4.68. The quantitative estimate of drug-likeness (QED) is 0.678. The van der Waals surface area contributed by atoms with E-state index in [0.717, 1.165) is 0 Å². The van der Waals surface area contributed by atoms with Crippen LogP contribution in [0.25, 0.3) is 10.8 Å². The Morgan fingerprint density at radius 2 is 1.35 bits per heavy atom. The molecule has 0 fully saturated rings. The molecule has 90 valence electrons. The van der Waals surface area contributed by atoms with Crippen LogP contribution in [0.15, 0.2) is 42.5 Å². The molecule has 17 heavy (non-hydrogen) atoms. The first-order chi connectivity index (χ1) is 8.02. The summed E-state index contributed by atoms with van der Waals surface area (Å²) in [4.78, 5) is 7.09. The molecule has 0 aromatic heterocycles. The molecule has 0 unspecified atom stereocenters. The molecule has 0 saturated carbocycles. The van der Waals surface area contributed by atoms with E-state index in [9.17, 15) is 0 Å². The zero-order chi connectivity index (χ0) is 12.8. The van der Waals surface area contributed by atoms with Gasteiger partial charge in [0.1, 0.15) is 0 Å². The maximum absolute atomic E-state index is 2.36. The Morgan fingerprint density at radius 1 is 0.824 bits per heavy atom. The van der Waals surface area contributed by atoms with Crippen molar-refractivity contribution in [1.82, 2.24) is 0 Å². The van der Waals surface area contributed by atoms with E-state index in [0.29, 0.717) is 0 Å². The van der Waals surface area contributed by atoms with E-state index in [1.807, 2.05) is 0 Å². The van der Waals surface area contributed by atoms with Gasteiger partial charge in [-0.1, -0.05) is 60.7 Å². The Morgan fingerprint density at radius 3 is 1.94 bits per heavy atom. The van der Waals surface area contributed by atoms with Crippen LogP contribution in [-0.4, -0.2) is 28.6 Å². The van der Waals surface area contributed by atoms with E-state index in [2.05, 4.69) is 70.4 Å². The van der Waals surface area contributed by atoms with Crippen LogP contribution in [0.5, 0.6) is 0 Å². The molecule has 2 aromatic carbocycles. The summed E-state index contributed by atoms with van der Waals surface area (Å²) < 4.78 is 0. The van der Waals surface area contributed by atoms with Crippen LogP contribution in [0.2, 0.25) is 27.9 Å². The zero-order valence-electron chi connectivity index (χ0n) is 11.5.